The monoisotopic (exact) mass is 349 g/mol. The van der Waals surface area contributed by atoms with E-state index in [1.54, 1.807) is 42.5 Å². The predicted octanol–water partition coefficient (Wildman–Crippen LogP) is 1.72. The van der Waals surface area contributed by atoms with Crippen molar-refractivity contribution in [2.75, 3.05) is 6.54 Å². The lowest BCUT2D eigenvalue weighted by Crippen LogP contribution is -2.28. The van der Waals surface area contributed by atoms with Gasteiger partial charge in [0.15, 0.2) is 0 Å². The molecule has 3 N–H and O–H groups in total. The average Bonchev–Trinajstić information content (AvgIpc) is 2.59. The van der Waals surface area contributed by atoms with Crippen LogP contribution in [0.1, 0.15) is 23.7 Å². The molecule has 0 aromatic heterocycles. The Labute approximate surface area is 140 Å². The van der Waals surface area contributed by atoms with Gasteiger partial charge in [-0.15, -0.1) is 0 Å². The SMILES string of the molecule is O=C(O)CCc1ccc(C(O)CNS(=O)(=O)c2ccccc2)cc1. The molecule has 0 radical (unpaired) electrons. The summed E-state index contributed by atoms with van der Waals surface area (Å²) < 4.78 is 26.6. The zero-order valence-electron chi connectivity index (χ0n) is 12.9. The standard InChI is InChI=1S/C17H19NO5S/c19-16(12-18-24(22,23)15-4-2-1-3-5-15)14-9-6-13(7-10-14)8-11-17(20)21/h1-7,9-10,16,18-19H,8,11-12H2,(H,20,21). The Morgan fingerprint density at radius 3 is 2.25 bits per heavy atom. The van der Waals surface area contributed by atoms with Crippen LogP contribution in [0.2, 0.25) is 0 Å². The number of sulfonamides is 1. The van der Waals surface area contributed by atoms with E-state index in [9.17, 15) is 18.3 Å². The van der Waals surface area contributed by atoms with Gasteiger partial charge < -0.3 is 10.2 Å². The van der Waals surface area contributed by atoms with Gasteiger partial charge in [0.25, 0.3) is 0 Å². The fourth-order valence-corrected chi connectivity index (χ4v) is 3.21. The minimum absolute atomic E-state index is 0.0405. The second-order valence-corrected chi connectivity index (χ2v) is 7.08. The van der Waals surface area contributed by atoms with Gasteiger partial charge >= 0.3 is 5.97 Å². The summed E-state index contributed by atoms with van der Waals surface area (Å²) in [7, 11) is -3.66. The molecule has 0 saturated carbocycles. The molecule has 2 rings (SSSR count). The number of carboxylic acids is 1. The number of carbonyl (C=O) groups is 1. The van der Waals surface area contributed by atoms with Crippen molar-refractivity contribution in [3.05, 3.63) is 65.7 Å². The fraction of sp³-hybridized carbons (Fsp3) is 0.235. The zero-order chi connectivity index (χ0) is 17.6. The summed E-state index contributed by atoms with van der Waals surface area (Å²) in [5.41, 5.74) is 1.41. The molecule has 7 heteroatoms. The fourth-order valence-electron chi connectivity index (χ4n) is 2.15. The first kappa shape index (κ1) is 18.1. The molecular weight excluding hydrogens is 330 g/mol. The van der Waals surface area contributed by atoms with E-state index in [1.165, 1.54) is 12.1 Å². The van der Waals surface area contributed by atoms with Crippen molar-refractivity contribution in [1.82, 2.24) is 4.72 Å². The van der Waals surface area contributed by atoms with Crippen molar-refractivity contribution >= 4 is 16.0 Å². The largest absolute Gasteiger partial charge is 0.481 e. The summed E-state index contributed by atoms with van der Waals surface area (Å²) in [6.07, 6.45) is -0.539. The Bertz CT molecular complexity index is 772. The first-order valence-corrected chi connectivity index (χ1v) is 8.90. The summed E-state index contributed by atoms with van der Waals surface area (Å²) in [4.78, 5) is 10.7. The Kier molecular flexibility index (Phi) is 6.08. The van der Waals surface area contributed by atoms with E-state index in [0.717, 1.165) is 5.56 Å². The van der Waals surface area contributed by atoms with Gasteiger partial charge in [0.1, 0.15) is 0 Å². The first-order valence-electron chi connectivity index (χ1n) is 7.42. The van der Waals surface area contributed by atoms with E-state index in [0.29, 0.717) is 12.0 Å². The third-order valence-electron chi connectivity index (χ3n) is 3.51. The maximum Gasteiger partial charge on any atom is 0.303 e. The molecule has 0 aliphatic rings. The van der Waals surface area contributed by atoms with Crippen LogP contribution in [0.25, 0.3) is 0 Å². The van der Waals surface area contributed by atoms with Gasteiger partial charge in [-0.25, -0.2) is 13.1 Å². The quantitative estimate of drug-likeness (QED) is 0.673. The highest BCUT2D eigenvalue weighted by molar-refractivity contribution is 7.89. The van der Waals surface area contributed by atoms with Crippen LogP contribution in [-0.4, -0.2) is 31.1 Å². The number of aryl methyl sites for hydroxylation is 1. The number of aliphatic carboxylic acids is 1. The molecule has 0 aliphatic heterocycles. The van der Waals surface area contributed by atoms with E-state index >= 15 is 0 Å². The first-order chi connectivity index (χ1) is 11.4. The number of hydrogen-bond donors (Lipinski definition) is 3. The Balaban J connectivity index is 1.95. The lowest BCUT2D eigenvalue weighted by molar-refractivity contribution is -0.136. The van der Waals surface area contributed by atoms with E-state index in [4.69, 9.17) is 5.11 Å². The molecule has 0 fully saturated rings. The van der Waals surface area contributed by atoms with Crippen LogP contribution in [0.5, 0.6) is 0 Å². The number of benzene rings is 2. The highest BCUT2D eigenvalue weighted by Crippen LogP contribution is 2.15. The van der Waals surface area contributed by atoms with Gasteiger partial charge in [-0.3, -0.25) is 4.79 Å². The van der Waals surface area contributed by atoms with E-state index < -0.39 is 22.1 Å². The summed E-state index contributed by atoms with van der Waals surface area (Å²) in [6, 6.07) is 14.7. The van der Waals surface area contributed by atoms with E-state index in [2.05, 4.69) is 4.72 Å². The molecule has 2 aromatic carbocycles. The van der Waals surface area contributed by atoms with Gasteiger partial charge in [-0.05, 0) is 29.7 Å². The number of hydrogen-bond acceptors (Lipinski definition) is 4. The van der Waals surface area contributed by atoms with Gasteiger partial charge in [-0.2, -0.15) is 0 Å². The number of carboxylic acid groups (broad SMARTS) is 1. The summed E-state index contributed by atoms with van der Waals surface area (Å²) >= 11 is 0. The molecule has 6 nitrogen and oxygen atoms in total. The Morgan fingerprint density at radius 1 is 1.04 bits per heavy atom. The number of aliphatic hydroxyl groups excluding tert-OH is 1. The van der Waals surface area contributed by atoms with Crippen molar-refractivity contribution in [3.63, 3.8) is 0 Å². The van der Waals surface area contributed by atoms with Crippen LogP contribution in [-0.2, 0) is 21.2 Å². The molecule has 0 aliphatic carbocycles. The van der Waals surface area contributed by atoms with Crippen LogP contribution < -0.4 is 4.72 Å². The van der Waals surface area contributed by atoms with Gasteiger partial charge in [-0.1, -0.05) is 42.5 Å². The molecule has 0 bridgehead atoms. The van der Waals surface area contributed by atoms with Gasteiger partial charge in [0.05, 0.1) is 11.0 Å². The van der Waals surface area contributed by atoms with E-state index in [-0.39, 0.29) is 17.9 Å². The highest BCUT2D eigenvalue weighted by Gasteiger charge is 2.16. The minimum Gasteiger partial charge on any atom is -0.481 e. The molecule has 0 heterocycles. The maximum absolute atomic E-state index is 12.1. The molecular formula is C17H19NO5S. The zero-order valence-corrected chi connectivity index (χ0v) is 13.7. The number of rotatable bonds is 8. The second-order valence-electron chi connectivity index (χ2n) is 5.32. The van der Waals surface area contributed by atoms with Crippen molar-refractivity contribution in [2.24, 2.45) is 0 Å². The normalized spacial score (nSPS) is 12.7. The van der Waals surface area contributed by atoms with Crippen LogP contribution in [0.15, 0.2) is 59.5 Å². The lowest BCUT2D eigenvalue weighted by atomic mass is 10.0. The Hall–Kier alpha value is -2.22. The smallest absolute Gasteiger partial charge is 0.303 e. The molecule has 2 aromatic rings. The second kappa shape index (κ2) is 8.05. The lowest BCUT2D eigenvalue weighted by Gasteiger charge is -2.13. The van der Waals surface area contributed by atoms with Crippen molar-refractivity contribution in [1.29, 1.82) is 0 Å². The van der Waals surface area contributed by atoms with Crippen LogP contribution in [0.4, 0.5) is 0 Å². The van der Waals surface area contributed by atoms with E-state index in [1.807, 2.05) is 0 Å². The average molecular weight is 349 g/mol. The predicted molar refractivity (Wildman–Crippen MR) is 89.0 cm³/mol. The van der Waals surface area contributed by atoms with Crippen LogP contribution >= 0.6 is 0 Å². The molecule has 128 valence electrons. The minimum atomic E-state index is -3.66. The number of aliphatic hydroxyl groups is 1. The summed E-state index contributed by atoms with van der Waals surface area (Å²) in [6.45, 7) is -0.147. The molecule has 0 amide bonds. The molecule has 24 heavy (non-hydrogen) atoms. The third-order valence-corrected chi connectivity index (χ3v) is 4.95. The van der Waals surface area contributed by atoms with Gasteiger partial charge in [0.2, 0.25) is 10.0 Å². The molecule has 0 saturated heterocycles. The third kappa shape index (κ3) is 5.16. The van der Waals surface area contributed by atoms with Gasteiger partial charge in [0, 0.05) is 13.0 Å². The van der Waals surface area contributed by atoms with Crippen molar-refractivity contribution < 1.29 is 23.4 Å². The molecule has 0 spiro atoms. The van der Waals surface area contributed by atoms with Crippen LogP contribution in [0, 0.1) is 0 Å². The summed E-state index contributed by atoms with van der Waals surface area (Å²) in [5, 5.41) is 18.8. The Morgan fingerprint density at radius 2 is 1.67 bits per heavy atom. The highest BCUT2D eigenvalue weighted by atomic mass is 32.2. The van der Waals surface area contributed by atoms with Crippen LogP contribution in [0.3, 0.4) is 0 Å². The summed E-state index contributed by atoms with van der Waals surface area (Å²) in [5.74, 6) is -0.866. The molecule has 1 atom stereocenters. The van der Waals surface area contributed by atoms with Crippen molar-refractivity contribution in [2.45, 2.75) is 23.8 Å². The molecule has 1 unspecified atom stereocenters. The van der Waals surface area contributed by atoms with Crippen molar-refractivity contribution in [3.8, 4) is 0 Å². The number of nitrogens with one attached hydrogen (secondary N) is 1. The topological polar surface area (TPSA) is 104 Å². The maximum atomic E-state index is 12.1.